The SMILES string of the molecule is COC(=O)[C@@H]1C[CH]CN1. The minimum absolute atomic E-state index is 0.0880. The van der Waals surface area contributed by atoms with Crippen LogP contribution in [0, 0.1) is 6.42 Å². The summed E-state index contributed by atoms with van der Waals surface area (Å²) in [6, 6.07) is -0.0880. The molecule has 0 bridgehead atoms. The van der Waals surface area contributed by atoms with Crippen LogP contribution in [0.4, 0.5) is 0 Å². The Balaban J connectivity index is 2.32. The summed E-state index contributed by atoms with van der Waals surface area (Å²) in [6.45, 7) is 0.819. The summed E-state index contributed by atoms with van der Waals surface area (Å²) in [7, 11) is 1.41. The topological polar surface area (TPSA) is 38.3 Å². The highest BCUT2D eigenvalue weighted by Crippen LogP contribution is 2.04. The van der Waals surface area contributed by atoms with Gasteiger partial charge < -0.3 is 10.1 Å². The van der Waals surface area contributed by atoms with E-state index in [1.807, 2.05) is 6.42 Å². The van der Waals surface area contributed by atoms with E-state index in [1.54, 1.807) is 0 Å². The molecular weight excluding hydrogens is 118 g/mol. The highest BCUT2D eigenvalue weighted by molar-refractivity contribution is 5.76. The van der Waals surface area contributed by atoms with Gasteiger partial charge in [0.05, 0.1) is 7.11 Å². The van der Waals surface area contributed by atoms with E-state index in [4.69, 9.17) is 0 Å². The largest absolute Gasteiger partial charge is 0.468 e. The summed E-state index contributed by atoms with van der Waals surface area (Å²) in [6.07, 6.45) is 2.83. The maximum absolute atomic E-state index is 10.7. The van der Waals surface area contributed by atoms with E-state index < -0.39 is 0 Å². The van der Waals surface area contributed by atoms with Crippen LogP contribution in [-0.2, 0) is 9.53 Å². The number of methoxy groups -OCH3 is 1. The second-order valence-electron chi connectivity index (χ2n) is 2.01. The standard InChI is InChI=1S/C6H10NO2/c1-9-6(8)5-3-2-4-7-5/h2,5,7H,3-4H2,1H3/t5-/m0/s1. The third-order valence-corrected chi connectivity index (χ3v) is 1.40. The van der Waals surface area contributed by atoms with Crippen LogP contribution in [0.5, 0.6) is 0 Å². The summed E-state index contributed by atoms with van der Waals surface area (Å²) >= 11 is 0. The first-order chi connectivity index (χ1) is 4.34. The molecule has 1 aliphatic heterocycles. The molecule has 0 aromatic rings. The highest BCUT2D eigenvalue weighted by atomic mass is 16.5. The molecule has 1 rings (SSSR count). The first-order valence-electron chi connectivity index (χ1n) is 2.97. The van der Waals surface area contributed by atoms with Gasteiger partial charge in [0.2, 0.25) is 0 Å². The van der Waals surface area contributed by atoms with Gasteiger partial charge in [-0.05, 0) is 19.4 Å². The quantitative estimate of drug-likeness (QED) is 0.494. The second kappa shape index (κ2) is 2.82. The van der Waals surface area contributed by atoms with E-state index in [2.05, 4.69) is 10.1 Å². The van der Waals surface area contributed by atoms with Gasteiger partial charge in [0.1, 0.15) is 6.04 Å². The fourth-order valence-electron chi connectivity index (χ4n) is 0.881. The second-order valence-corrected chi connectivity index (χ2v) is 2.01. The number of hydrogen-bond acceptors (Lipinski definition) is 3. The minimum atomic E-state index is -0.163. The average molecular weight is 128 g/mol. The molecule has 1 saturated heterocycles. The lowest BCUT2D eigenvalue weighted by molar-refractivity contribution is -0.142. The first-order valence-corrected chi connectivity index (χ1v) is 2.97. The zero-order chi connectivity index (χ0) is 6.69. The summed E-state index contributed by atoms with van der Waals surface area (Å²) in [5, 5.41) is 2.98. The van der Waals surface area contributed by atoms with Crippen LogP contribution < -0.4 is 5.32 Å². The van der Waals surface area contributed by atoms with E-state index in [1.165, 1.54) is 7.11 Å². The highest BCUT2D eigenvalue weighted by Gasteiger charge is 2.21. The predicted octanol–water partition coefficient (Wildman–Crippen LogP) is -0.274. The van der Waals surface area contributed by atoms with Crippen LogP contribution in [-0.4, -0.2) is 25.7 Å². The number of nitrogens with one attached hydrogen (secondary N) is 1. The monoisotopic (exact) mass is 128 g/mol. The molecule has 0 amide bonds. The molecule has 1 heterocycles. The molecule has 1 radical (unpaired) electrons. The van der Waals surface area contributed by atoms with Crippen LogP contribution >= 0.6 is 0 Å². The van der Waals surface area contributed by atoms with Gasteiger partial charge in [-0.25, -0.2) is 0 Å². The third kappa shape index (κ3) is 1.42. The molecule has 0 aromatic heterocycles. The number of carbonyl (C=O) groups is 1. The zero-order valence-corrected chi connectivity index (χ0v) is 5.39. The molecule has 0 aromatic carbocycles. The van der Waals surface area contributed by atoms with Gasteiger partial charge in [-0.1, -0.05) is 0 Å². The Bertz CT molecular complexity index is 108. The molecule has 9 heavy (non-hydrogen) atoms. The number of esters is 1. The Labute approximate surface area is 54.4 Å². The van der Waals surface area contributed by atoms with Crippen molar-refractivity contribution in [3.63, 3.8) is 0 Å². The number of ether oxygens (including phenoxy) is 1. The number of rotatable bonds is 1. The molecule has 0 spiro atoms. The van der Waals surface area contributed by atoms with E-state index >= 15 is 0 Å². The van der Waals surface area contributed by atoms with Crippen molar-refractivity contribution in [3.05, 3.63) is 6.42 Å². The van der Waals surface area contributed by atoms with Gasteiger partial charge in [0.25, 0.3) is 0 Å². The summed E-state index contributed by atoms with van der Waals surface area (Å²) in [4.78, 5) is 10.7. The third-order valence-electron chi connectivity index (χ3n) is 1.40. The van der Waals surface area contributed by atoms with Gasteiger partial charge in [-0.3, -0.25) is 4.79 Å². The first kappa shape index (κ1) is 6.55. The molecule has 1 N–H and O–H groups in total. The predicted molar refractivity (Wildman–Crippen MR) is 32.7 cm³/mol. The van der Waals surface area contributed by atoms with Crippen molar-refractivity contribution in [1.82, 2.24) is 5.32 Å². The molecule has 0 saturated carbocycles. The van der Waals surface area contributed by atoms with Gasteiger partial charge in [-0.15, -0.1) is 0 Å². The lowest BCUT2D eigenvalue weighted by Crippen LogP contribution is -2.31. The maximum Gasteiger partial charge on any atom is 0.322 e. The Morgan fingerprint density at radius 2 is 2.67 bits per heavy atom. The van der Waals surface area contributed by atoms with Crippen molar-refractivity contribution in [2.45, 2.75) is 12.5 Å². The van der Waals surface area contributed by atoms with Gasteiger partial charge in [-0.2, -0.15) is 0 Å². The Kier molecular flexibility index (Phi) is 2.05. The Morgan fingerprint density at radius 3 is 3.11 bits per heavy atom. The van der Waals surface area contributed by atoms with Crippen molar-refractivity contribution in [3.8, 4) is 0 Å². The molecule has 1 aliphatic rings. The van der Waals surface area contributed by atoms with Crippen LogP contribution in [0.15, 0.2) is 0 Å². The number of carbonyl (C=O) groups excluding carboxylic acids is 1. The normalized spacial score (nSPS) is 26.1. The van der Waals surface area contributed by atoms with Gasteiger partial charge >= 0.3 is 5.97 Å². The fraction of sp³-hybridized carbons (Fsp3) is 0.667. The van der Waals surface area contributed by atoms with Crippen LogP contribution in [0.25, 0.3) is 0 Å². The summed E-state index contributed by atoms with van der Waals surface area (Å²) < 4.78 is 4.51. The Morgan fingerprint density at radius 1 is 1.89 bits per heavy atom. The molecule has 0 aliphatic carbocycles. The lowest BCUT2D eigenvalue weighted by Gasteiger charge is -2.04. The van der Waals surface area contributed by atoms with E-state index in [0.717, 1.165) is 13.0 Å². The van der Waals surface area contributed by atoms with Crippen LogP contribution in [0.2, 0.25) is 0 Å². The van der Waals surface area contributed by atoms with Crippen molar-refractivity contribution >= 4 is 5.97 Å². The van der Waals surface area contributed by atoms with E-state index in [-0.39, 0.29) is 12.0 Å². The van der Waals surface area contributed by atoms with Gasteiger partial charge in [0, 0.05) is 0 Å². The summed E-state index contributed by atoms with van der Waals surface area (Å²) in [5.41, 5.74) is 0. The average Bonchev–Trinajstić information content (AvgIpc) is 2.37. The molecule has 1 fully saturated rings. The maximum atomic E-state index is 10.7. The summed E-state index contributed by atoms with van der Waals surface area (Å²) in [5.74, 6) is -0.163. The van der Waals surface area contributed by atoms with Crippen LogP contribution in [0.1, 0.15) is 6.42 Å². The van der Waals surface area contributed by atoms with Crippen molar-refractivity contribution in [2.75, 3.05) is 13.7 Å². The molecule has 3 nitrogen and oxygen atoms in total. The fourth-order valence-corrected chi connectivity index (χ4v) is 0.881. The molecular formula is C6H10NO2. The molecule has 1 atom stereocenters. The van der Waals surface area contributed by atoms with Crippen molar-refractivity contribution < 1.29 is 9.53 Å². The van der Waals surface area contributed by atoms with Crippen LogP contribution in [0.3, 0.4) is 0 Å². The number of hydrogen-bond donors (Lipinski definition) is 1. The van der Waals surface area contributed by atoms with E-state index in [0.29, 0.717) is 0 Å². The molecule has 0 unspecified atom stereocenters. The van der Waals surface area contributed by atoms with Gasteiger partial charge in [0.15, 0.2) is 0 Å². The van der Waals surface area contributed by atoms with E-state index in [9.17, 15) is 4.79 Å². The van der Waals surface area contributed by atoms with Crippen molar-refractivity contribution in [2.24, 2.45) is 0 Å². The molecule has 51 valence electrons. The smallest absolute Gasteiger partial charge is 0.322 e. The zero-order valence-electron chi connectivity index (χ0n) is 5.39. The molecule has 3 heteroatoms. The lowest BCUT2D eigenvalue weighted by atomic mass is 10.2. The Hall–Kier alpha value is -0.570. The van der Waals surface area contributed by atoms with Crippen molar-refractivity contribution in [1.29, 1.82) is 0 Å². The minimum Gasteiger partial charge on any atom is -0.468 e.